The van der Waals surface area contributed by atoms with Crippen molar-refractivity contribution < 1.29 is 9.59 Å². The molecular formula is C15H23N3O2S. The van der Waals surface area contributed by atoms with Gasteiger partial charge in [0, 0.05) is 11.6 Å². The Morgan fingerprint density at radius 3 is 2.52 bits per heavy atom. The molecule has 1 aliphatic rings. The van der Waals surface area contributed by atoms with Gasteiger partial charge in [-0.1, -0.05) is 20.8 Å². The Morgan fingerprint density at radius 1 is 1.38 bits per heavy atom. The van der Waals surface area contributed by atoms with Crippen molar-refractivity contribution in [3.05, 3.63) is 16.6 Å². The molecule has 0 bridgehead atoms. The van der Waals surface area contributed by atoms with Crippen molar-refractivity contribution in [1.29, 1.82) is 0 Å². The summed E-state index contributed by atoms with van der Waals surface area (Å²) >= 11 is 1.53. The summed E-state index contributed by atoms with van der Waals surface area (Å²) < 4.78 is 0. The van der Waals surface area contributed by atoms with Crippen LogP contribution in [0.2, 0.25) is 0 Å². The van der Waals surface area contributed by atoms with Crippen LogP contribution in [-0.4, -0.2) is 33.3 Å². The van der Waals surface area contributed by atoms with Crippen LogP contribution in [0.5, 0.6) is 0 Å². The highest BCUT2D eigenvalue weighted by atomic mass is 32.1. The third-order valence-corrected chi connectivity index (χ3v) is 5.35. The van der Waals surface area contributed by atoms with E-state index in [0.717, 1.165) is 11.4 Å². The zero-order valence-electron chi connectivity index (χ0n) is 13.0. The van der Waals surface area contributed by atoms with E-state index in [-0.39, 0.29) is 17.9 Å². The first kappa shape index (κ1) is 15.9. The van der Waals surface area contributed by atoms with Crippen LogP contribution in [0, 0.1) is 0 Å². The Balaban J connectivity index is 2.43. The quantitative estimate of drug-likeness (QED) is 0.909. The molecule has 1 aliphatic heterocycles. The van der Waals surface area contributed by atoms with Crippen LogP contribution in [0.3, 0.4) is 0 Å². The molecule has 1 aromatic heterocycles. The second kappa shape index (κ2) is 6.13. The average Bonchev–Trinajstić information content (AvgIpc) is 3.01. The number of carbonyl (C=O) groups excluding carboxylic acids is 2. The molecule has 2 atom stereocenters. The number of hydrogen-bond donors (Lipinski definition) is 1. The van der Waals surface area contributed by atoms with Gasteiger partial charge in [0.2, 0.25) is 11.8 Å². The van der Waals surface area contributed by atoms with Crippen LogP contribution in [-0.2, 0) is 9.59 Å². The van der Waals surface area contributed by atoms with Crippen LogP contribution in [0.25, 0.3) is 0 Å². The van der Waals surface area contributed by atoms with Crippen LogP contribution in [0.1, 0.15) is 58.0 Å². The molecule has 6 heteroatoms. The molecule has 2 unspecified atom stereocenters. The maximum atomic E-state index is 13.0. The van der Waals surface area contributed by atoms with Gasteiger partial charge in [0.05, 0.1) is 6.04 Å². The zero-order chi connectivity index (χ0) is 15.6. The minimum atomic E-state index is -0.770. The molecule has 0 spiro atoms. The van der Waals surface area contributed by atoms with Crippen molar-refractivity contribution in [1.82, 2.24) is 15.2 Å². The third-order valence-electron chi connectivity index (χ3n) is 4.47. The Morgan fingerprint density at radius 2 is 2.05 bits per heavy atom. The van der Waals surface area contributed by atoms with E-state index in [1.807, 2.05) is 26.2 Å². The Hall–Kier alpha value is -1.43. The molecule has 1 N–H and O–H groups in total. The highest BCUT2D eigenvalue weighted by molar-refractivity contribution is 7.09. The van der Waals surface area contributed by atoms with E-state index in [1.165, 1.54) is 11.3 Å². The molecule has 0 saturated carbocycles. The van der Waals surface area contributed by atoms with Gasteiger partial charge in [-0.25, -0.2) is 4.98 Å². The lowest BCUT2D eigenvalue weighted by Crippen LogP contribution is -2.69. The summed E-state index contributed by atoms with van der Waals surface area (Å²) in [7, 11) is 0. The van der Waals surface area contributed by atoms with Crippen molar-refractivity contribution in [3.8, 4) is 0 Å². The number of amides is 2. The van der Waals surface area contributed by atoms with E-state index in [2.05, 4.69) is 10.3 Å². The molecule has 0 aliphatic carbocycles. The van der Waals surface area contributed by atoms with E-state index in [9.17, 15) is 9.59 Å². The van der Waals surface area contributed by atoms with Crippen LogP contribution in [0.15, 0.2) is 11.6 Å². The van der Waals surface area contributed by atoms with E-state index in [4.69, 9.17) is 0 Å². The second-order valence-electron chi connectivity index (χ2n) is 5.46. The van der Waals surface area contributed by atoms with Gasteiger partial charge < -0.3 is 10.2 Å². The number of carbonyl (C=O) groups is 2. The lowest BCUT2D eigenvalue weighted by Gasteiger charge is -2.47. The molecule has 1 fully saturated rings. The molecule has 1 aromatic rings. The summed E-state index contributed by atoms with van der Waals surface area (Å²) in [5.41, 5.74) is -0.770. The minimum Gasteiger partial charge on any atom is -0.340 e. The molecule has 2 amide bonds. The fourth-order valence-electron chi connectivity index (χ4n) is 2.97. The monoisotopic (exact) mass is 309 g/mol. The maximum Gasteiger partial charge on any atom is 0.249 e. The van der Waals surface area contributed by atoms with E-state index in [0.29, 0.717) is 12.8 Å². The summed E-state index contributed by atoms with van der Waals surface area (Å²) in [5.74, 6) is -0.0602. The standard InChI is InChI=1S/C15H23N3O2S/c1-5-11(13-16-8-9-21-13)18-10(4)12(19)17-15(6-2,7-3)14(18)20/h8-11H,5-7H2,1-4H3,(H,17,19). The molecule has 116 valence electrons. The summed E-state index contributed by atoms with van der Waals surface area (Å²) in [6, 6.07) is -0.589. The molecule has 0 aromatic carbocycles. The van der Waals surface area contributed by atoms with Crippen molar-refractivity contribution in [3.63, 3.8) is 0 Å². The van der Waals surface area contributed by atoms with Gasteiger partial charge in [0.15, 0.2) is 0 Å². The number of nitrogens with one attached hydrogen (secondary N) is 1. The van der Waals surface area contributed by atoms with Crippen molar-refractivity contribution >= 4 is 23.2 Å². The fraction of sp³-hybridized carbons (Fsp3) is 0.667. The summed E-state index contributed by atoms with van der Waals surface area (Å²) in [6.45, 7) is 7.71. The second-order valence-corrected chi connectivity index (χ2v) is 6.39. The molecule has 2 heterocycles. The topological polar surface area (TPSA) is 62.3 Å². The number of thiazole rings is 1. The molecule has 1 saturated heterocycles. The zero-order valence-corrected chi connectivity index (χ0v) is 13.9. The molecule has 0 radical (unpaired) electrons. The van der Waals surface area contributed by atoms with E-state index in [1.54, 1.807) is 18.0 Å². The summed E-state index contributed by atoms with van der Waals surface area (Å²) in [4.78, 5) is 31.5. The van der Waals surface area contributed by atoms with Crippen LogP contribution in [0.4, 0.5) is 0 Å². The normalized spacial score (nSPS) is 23.0. The van der Waals surface area contributed by atoms with Gasteiger partial charge in [-0.05, 0) is 26.2 Å². The Kier molecular flexibility index (Phi) is 4.66. The smallest absolute Gasteiger partial charge is 0.249 e. The number of piperazine rings is 1. The van der Waals surface area contributed by atoms with E-state index < -0.39 is 11.6 Å². The predicted molar refractivity (Wildman–Crippen MR) is 82.9 cm³/mol. The van der Waals surface area contributed by atoms with Gasteiger partial charge in [-0.15, -0.1) is 11.3 Å². The highest BCUT2D eigenvalue weighted by Crippen LogP contribution is 2.34. The van der Waals surface area contributed by atoms with Gasteiger partial charge >= 0.3 is 0 Å². The number of rotatable bonds is 5. The fourth-order valence-corrected chi connectivity index (χ4v) is 3.79. The number of nitrogens with zero attached hydrogens (tertiary/aromatic N) is 2. The molecule has 5 nitrogen and oxygen atoms in total. The van der Waals surface area contributed by atoms with Gasteiger partial charge in [-0.2, -0.15) is 0 Å². The number of hydrogen-bond acceptors (Lipinski definition) is 4. The lowest BCUT2D eigenvalue weighted by molar-refractivity contribution is -0.158. The Labute approximate surface area is 129 Å². The third kappa shape index (κ3) is 2.57. The van der Waals surface area contributed by atoms with Gasteiger partial charge in [0.25, 0.3) is 0 Å². The van der Waals surface area contributed by atoms with Crippen molar-refractivity contribution in [2.45, 2.75) is 64.6 Å². The molecule has 2 rings (SSSR count). The van der Waals surface area contributed by atoms with E-state index >= 15 is 0 Å². The van der Waals surface area contributed by atoms with Crippen molar-refractivity contribution in [2.75, 3.05) is 0 Å². The summed E-state index contributed by atoms with van der Waals surface area (Å²) in [5, 5.41) is 5.74. The molecule has 21 heavy (non-hydrogen) atoms. The first-order valence-electron chi connectivity index (χ1n) is 7.54. The average molecular weight is 309 g/mol. The van der Waals surface area contributed by atoms with Crippen LogP contribution >= 0.6 is 11.3 Å². The lowest BCUT2D eigenvalue weighted by atomic mass is 9.86. The highest BCUT2D eigenvalue weighted by Gasteiger charge is 2.49. The number of aromatic nitrogens is 1. The van der Waals surface area contributed by atoms with Gasteiger partial charge in [-0.3, -0.25) is 9.59 Å². The first-order chi connectivity index (χ1) is 10.0. The minimum absolute atomic E-state index is 0.0154. The predicted octanol–water partition coefficient (Wildman–Crippen LogP) is 2.50. The van der Waals surface area contributed by atoms with Crippen LogP contribution < -0.4 is 5.32 Å². The maximum absolute atomic E-state index is 13.0. The Bertz CT molecular complexity index is 511. The largest absolute Gasteiger partial charge is 0.340 e. The SMILES string of the molecule is CCC(c1nccs1)N1C(=O)C(CC)(CC)NC(=O)C1C. The first-order valence-corrected chi connectivity index (χ1v) is 8.42. The summed E-state index contributed by atoms with van der Waals surface area (Å²) in [6.07, 6.45) is 3.70. The molecular weight excluding hydrogens is 286 g/mol. The van der Waals surface area contributed by atoms with Crippen molar-refractivity contribution in [2.24, 2.45) is 0 Å². The van der Waals surface area contributed by atoms with Gasteiger partial charge in [0.1, 0.15) is 16.6 Å².